The molecule has 0 radical (unpaired) electrons. The van der Waals surface area contributed by atoms with Crippen molar-refractivity contribution < 1.29 is 41.7 Å². The molecule has 3 aromatic rings. The highest BCUT2D eigenvalue weighted by Gasteiger charge is 2.42. The topological polar surface area (TPSA) is 75.7 Å². The molecule has 47 heavy (non-hydrogen) atoms. The van der Waals surface area contributed by atoms with Gasteiger partial charge in [0.25, 0.3) is 0 Å². The van der Waals surface area contributed by atoms with Crippen LogP contribution >= 0.6 is 0 Å². The van der Waals surface area contributed by atoms with E-state index in [0.29, 0.717) is 35.3 Å². The van der Waals surface area contributed by atoms with Crippen LogP contribution in [-0.4, -0.2) is 30.8 Å². The van der Waals surface area contributed by atoms with Gasteiger partial charge in [0.05, 0.1) is 18.1 Å². The van der Waals surface area contributed by atoms with Gasteiger partial charge >= 0.3 is 12.1 Å². The van der Waals surface area contributed by atoms with Crippen LogP contribution in [0, 0.1) is 5.82 Å². The van der Waals surface area contributed by atoms with Gasteiger partial charge in [-0.2, -0.15) is 13.2 Å². The molecule has 0 aliphatic heterocycles. The van der Waals surface area contributed by atoms with Crippen LogP contribution in [-0.2, 0) is 4.74 Å². The molecular weight excluding hydrogens is 612 g/mol. The number of carbonyl (C=O) groups excluding carboxylic acids is 2. The van der Waals surface area contributed by atoms with E-state index in [1.54, 1.807) is 6.07 Å². The molecular formula is C38H45F4O5-. The van der Waals surface area contributed by atoms with E-state index in [9.17, 15) is 27.9 Å². The number of benzene rings is 3. The highest BCUT2D eigenvalue weighted by atomic mass is 19.4. The van der Waals surface area contributed by atoms with Crippen LogP contribution in [0.1, 0.15) is 118 Å². The zero-order valence-electron chi connectivity index (χ0n) is 27.3. The average molecular weight is 658 g/mol. The van der Waals surface area contributed by atoms with E-state index in [-0.39, 0.29) is 29.7 Å². The summed E-state index contributed by atoms with van der Waals surface area (Å²) >= 11 is 0. The van der Waals surface area contributed by atoms with Gasteiger partial charge in [0.2, 0.25) is 0 Å². The minimum absolute atomic E-state index is 0.0850. The number of aromatic carboxylic acids is 1. The smallest absolute Gasteiger partial charge is 0.425 e. The molecule has 0 saturated carbocycles. The van der Waals surface area contributed by atoms with Crippen molar-refractivity contribution in [3.63, 3.8) is 0 Å². The van der Waals surface area contributed by atoms with E-state index < -0.39 is 30.0 Å². The third-order valence-electron chi connectivity index (χ3n) is 8.12. The maximum Gasteiger partial charge on any atom is 0.425 e. The van der Waals surface area contributed by atoms with Gasteiger partial charge in [0.1, 0.15) is 0 Å². The monoisotopic (exact) mass is 657 g/mol. The van der Waals surface area contributed by atoms with Gasteiger partial charge in [0, 0.05) is 0 Å². The normalized spacial score (nSPS) is 12.1. The first-order chi connectivity index (χ1) is 22.5. The van der Waals surface area contributed by atoms with Crippen molar-refractivity contribution in [2.45, 2.75) is 110 Å². The summed E-state index contributed by atoms with van der Waals surface area (Å²) in [6.07, 6.45) is 4.46. The molecule has 0 amide bonds. The van der Waals surface area contributed by atoms with Crippen LogP contribution in [0.3, 0.4) is 0 Å². The molecule has 0 saturated heterocycles. The Labute approximate surface area is 275 Å². The van der Waals surface area contributed by atoms with E-state index in [1.807, 2.05) is 6.92 Å². The molecule has 3 rings (SSSR count). The lowest BCUT2D eigenvalue weighted by Crippen LogP contribution is -2.33. The molecule has 0 aliphatic carbocycles. The maximum atomic E-state index is 15.1. The summed E-state index contributed by atoms with van der Waals surface area (Å²) in [5.41, 5.74) is 1.63. The minimum Gasteiger partial charge on any atom is -0.545 e. The molecule has 0 fully saturated rings. The number of carboxylic acid groups (broad SMARTS) is 1. The standard InChI is InChI=1S/C38H46F4O5/c1-3-5-7-9-10-11-12-14-24-46-34-23-21-29(26-33(34)39)31-22-20-30(36(43)44)25-32(31)27-16-18-28(19-17-27)37(45)47-35(38(40,41)42)15-13-8-6-4-2/h16-23,25-26,35H,3-15,24H2,1-2H3,(H,43,44)/p-1. The lowest BCUT2D eigenvalue weighted by molar-refractivity contribution is -0.255. The predicted octanol–water partition coefficient (Wildman–Crippen LogP) is 10.1. The van der Waals surface area contributed by atoms with Gasteiger partial charge in [-0.1, -0.05) is 108 Å². The molecule has 0 spiro atoms. The van der Waals surface area contributed by atoms with Crippen LogP contribution in [0.5, 0.6) is 5.75 Å². The molecule has 0 N–H and O–H groups in total. The largest absolute Gasteiger partial charge is 0.545 e. The second kappa shape index (κ2) is 19.1. The molecule has 1 atom stereocenters. The fourth-order valence-corrected chi connectivity index (χ4v) is 5.39. The fraction of sp³-hybridized carbons (Fsp3) is 0.474. The second-order valence-electron chi connectivity index (χ2n) is 11.9. The Morgan fingerprint density at radius 2 is 1.28 bits per heavy atom. The number of esters is 1. The highest BCUT2D eigenvalue weighted by Crippen LogP contribution is 2.35. The van der Waals surface area contributed by atoms with Gasteiger partial charge in [-0.05, 0) is 77.4 Å². The van der Waals surface area contributed by atoms with E-state index in [2.05, 4.69) is 6.92 Å². The molecule has 5 nitrogen and oxygen atoms in total. The quantitative estimate of drug-likeness (QED) is 0.0687. The lowest BCUT2D eigenvalue weighted by atomic mass is 9.92. The lowest BCUT2D eigenvalue weighted by Gasteiger charge is -2.21. The van der Waals surface area contributed by atoms with Gasteiger partial charge in [-0.15, -0.1) is 0 Å². The number of carboxylic acids is 1. The van der Waals surface area contributed by atoms with Crippen molar-refractivity contribution >= 4 is 11.9 Å². The predicted molar refractivity (Wildman–Crippen MR) is 174 cm³/mol. The summed E-state index contributed by atoms with van der Waals surface area (Å²) < 4.78 is 66.3. The van der Waals surface area contributed by atoms with Crippen molar-refractivity contribution in [2.75, 3.05) is 6.61 Å². The third-order valence-corrected chi connectivity index (χ3v) is 8.12. The second-order valence-corrected chi connectivity index (χ2v) is 11.9. The Hall–Kier alpha value is -3.88. The minimum atomic E-state index is -4.69. The maximum absolute atomic E-state index is 15.1. The first-order valence-electron chi connectivity index (χ1n) is 16.7. The number of rotatable bonds is 20. The Morgan fingerprint density at radius 3 is 1.87 bits per heavy atom. The zero-order valence-corrected chi connectivity index (χ0v) is 27.3. The molecule has 0 aliphatic rings. The van der Waals surface area contributed by atoms with Crippen LogP contribution in [0.4, 0.5) is 17.6 Å². The first-order valence-corrected chi connectivity index (χ1v) is 16.7. The van der Waals surface area contributed by atoms with Crippen molar-refractivity contribution in [3.05, 3.63) is 77.6 Å². The molecule has 0 aromatic heterocycles. The first kappa shape index (κ1) is 37.6. The van der Waals surface area contributed by atoms with E-state index in [1.165, 1.54) is 86.7 Å². The number of halogens is 4. The zero-order chi connectivity index (χ0) is 34.2. The van der Waals surface area contributed by atoms with Crippen LogP contribution < -0.4 is 9.84 Å². The van der Waals surface area contributed by atoms with Gasteiger partial charge in [-0.25, -0.2) is 9.18 Å². The average Bonchev–Trinajstić information content (AvgIpc) is 3.05. The summed E-state index contributed by atoms with van der Waals surface area (Å²) in [4.78, 5) is 24.3. The van der Waals surface area contributed by atoms with Crippen LogP contribution in [0.25, 0.3) is 22.3 Å². The summed E-state index contributed by atoms with van der Waals surface area (Å²) in [5, 5.41) is 11.7. The highest BCUT2D eigenvalue weighted by molar-refractivity contribution is 5.94. The van der Waals surface area contributed by atoms with E-state index in [4.69, 9.17) is 9.47 Å². The van der Waals surface area contributed by atoms with E-state index in [0.717, 1.165) is 32.1 Å². The summed E-state index contributed by atoms with van der Waals surface area (Å²) in [5.74, 6) is -2.97. The third kappa shape index (κ3) is 12.0. The number of carbonyl (C=O) groups is 2. The van der Waals surface area contributed by atoms with Gasteiger partial charge < -0.3 is 19.4 Å². The summed E-state index contributed by atoms with van der Waals surface area (Å²) in [6, 6.07) is 14.4. The Bertz CT molecular complexity index is 1420. The van der Waals surface area contributed by atoms with Crippen LogP contribution in [0.15, 0.2) is 60.7 Å². The van der Waals surface area contributed by atoms with Crippen molar-refractivity contribution in [2.24, 2.45) is 0 Å². The molecule has 9 heteroatoms. The van der Waals surface area contributed by atoms with Gasteiger partial charge in [-0.3, -0.25) is 0 Å². The Kier molecular flexibility index (Phi) is 15.2. The van der Waals surface area contributed by atoms with Crippen molar-refractivity contribution in [1.82, 2.24) is 0 Å². The fourth-order valence-electron chi connectivity index (χ4n) is 5.39. The number of hydrogen-bond donors (Lipinski definition) is 0. The number of unbranched alkanes of at least 4 members (excludes halogenated alkanes) is 10. The number of alkyl halides is 3. The van der Waals surface area contributed by atoms with E-state index >= 15 is 4.39 Å². The molecule has 3 aromatic carbocycles. The van der Waals surface area contributed by atoms with Crippen molar-refractivity contribution in [1.29, 1.82) is 0 Å². The molecule has 0 bridgehead atoms. The Morgan fingerprint density at radius 1 is 0.702 bits per heavy atom. The molecule has 0 heterocycles. The number of hydrogen-bond acceptors (Lipinski definition) is 5. The molecule has 256 valence electrons. The SMILES string of the molecule is CCCCCCCCCCOc1ccc(-c2ccc(C(=O)[O-])cc2-c2ccc(C(=O)OC(CCCCCC)C(F)(F)F)cc2)cc1F. The van der Waals surface area contributed by atoms with Crippen molar-refractivity contribution in [3.8, 4) is 28.0 Å². The van der Waals surface area contributed by atoms with Crippen LogP contribution in [0.2, 0.25) is 0 Å². The summed E-state index contributed by atoms with van der Waals surface area (Å²) in [6.45, 7) is 4.54. The Balaban J connectivity index is 1.73. The number of ether oxygens (including phenoxy) is 2. The van der Waals surface area contributed by atoms with Gasteiger partial charge in [0.15, 0.2) is 17.7 Å². The molecule has 1 unspecified atom stereocenters. The summed E-state index contributed by atoms with van der Waals surface area (Å²) in [7, 11) is 0.